The van der Waals surface area contributed by atoms with Crippen molar-refractivity contribution in [1.82, 2.24) is 14.5 Å². The number of methoxy groups -OCH3 is 2. The van der Waals surface area contributed by atoms with Crippen LogP contribution in [0.15, 0.2) is 36.4 Å². The first-order chi connectivity index (χ1) is 15.5. The van der Waals surface area contributed by atoms with Gasteiger partial charge in [-0.25, -0.2) is 4.98 Å². The molecule has 1 fully saturated rings. The van der Waals surface area contributed by atoms with Crippen molar-refractivity contribution in [2.75, 3.05) is 32.6 Å². The van der Waals surface area contributed by atoms with Gasteiger partial charge in [0, 0.05) is 17.3 Å². The van der Waals surface area contributed by atoms with Gasteiger partial charge in [0.2, 0.25) is 0 Å². The molecule has 0 radical (unpaired) electrons. The Kier molecular flexibility index (Phi) is 6.65. The molecule has 4 rings (SSSR count). The first-order valence-corrected chi connectivity index (χ1v) is 11.3. The number of aromatic nitrogens is 2. The maximum Gasteiger partial charge on any atom is 0.255 e. The van der Waals surface area contributed by atoms with Gasteiger partial charge in [0.1, 0.15) is 5.82 Å². The molecular weight excluding hydrogens is 404 g/mol. The van der Waals surface area contributed by atoms with Gasteiger partial charge in [-0.3, -0.25) is 9.69 Å². The van der Waals surface area contributed by atoms with Crippen LogP contribution in [0.1, 0.15) is 55.3 Å². The molecule has 3 aromatic rings. The number of carbonyl (C=O) groups is 1. The van der Waals surface area contributed by atoms with Gasteiger partial charge < -0.3 is 19.4 Å². The van der Waals surface area contributed by atoms with Crippen molar-refractivity contribution < 1.29 is 14.3 Å². The molecule has 0 bridgehead atoms. The van der Waals surface area contributed by atoms with Crippen LogP contribution in [-0.2, 0) is 6.54 Å². The van der Waals surface area contributed by atoms with E-state index in [1.807, 2.05) is 18.2 Å². The Bertz CT molecular complexity index is 1100. The van der Waals surface area contributed by atoms with Crippen LogP contribution in [0.4, 0.5) is 5.69 Å². The van der Waals surface area contributed by atoms with Crippen molar-refractivity contribution in [3.05, 3.63) is 47.8 Å². The molecule has 1 aliphatic heterocycles. The second-order valence-electron chi connectivity index (χ2n) is 8.56. The Hall–Kier alpha value is -3.06. The maximum atomic E-state index is 12.8. The number of imidazole rings is 1. The van der Waals surface area contributed by atoms with Crippen LogP contribution in [0.25, 0.3) is 11.0 Å². The van der Waals surface area contributed by atoms with E-state index < -0.39 is 0 Å². The van der Waals surface area contributed by atoms with E-state index >= 15 is 0 Å². The third-order valence-corrected chi connectivity index (χ3v) is 6.00. The molecule has 7 nitrogen and oxygen atoms in total. The van der Waals surface area contributed by atoms with E-state index in [0.29, 0.717) is 23.1 Å². The zero-order chi connectivity index (χ0) is 22.7. The van der Waals surface area contributed by atoms with Crippen LogP contribution in [0.5, 0.6) is 11.5 Å². The van der Waals surface area contributed by atoms with E-state index in [-0.39, 0.29) is 5.91 Å². The molecule has 170 valence electrons. The Morgan fingerprint density at radius 1 is 1.03 bits per heavy atom. The highest BCUT2D eigenvalue weighted by molar-refractivity contribution is 6.05. The second kappa shape index (κ2) is 9.61. The average molecular weight is 437 g/mol. The summed E-state index contributed by atoms with van der Waals surface area (Å²) in [5.41, 5.74) is 3.21. The van der Waals surface area contributed by atoms with Crippen molar-refractivity contribution in [2.24, 2.45) is 0 Å². The van der Waals surface area contributed by atoms with E-state index in [0.717, 1.165) is 42.2 Å². The SMILES string of the molecule is COc1ccc(C(=O)Nc2ccc3c(c2)nc(CN2CCCCC2)n3C(C)C)cc1OC. The molecule has 0 unspecified atom stereocenters. The molecule has 0 aliphatic carbocycles. The van der Waals surface area contributed by atoms with Gasteiger partial charge in [-0.2, -0.15) is 0 Å². The number of likely N-dealkylation sites (tertiary alicyclic amines) is 1. The van der Waals surface area contributed by atoms with Gasteiger partial charge in [-0.1, -0.05) is 6.42 Å². The van der Waals surface area contributed by atoms with Gasteiger partial charge in [-0.15, -0.1) is 0 Å². The summed E-state index contributed by atoms with van der Waals surface area (Å²) >= 11 is 0. The van der Waals surface area contributed by atoms with Gasteiger partial charge >= 0.3 is 0 Å². The number of ether oxygens (including phenoxy) is 2. The molecule has 0 atom stereocenters. The minimum absolute atomic E-state index is 0.206. The van der Waals surface area contributed by atoms with Crippen molar-refractivity contribution >= 4 is 22.6 Å². The Morgan fingerprint density at radius 3 is 2.47 bits per heavy atom. The summed E-state index contributed by atoms with van der Waals surface area (Å²) in [5.74, 6) is 1.99. The van der Waals surface area contributed by atoms with Crippen LogP contribution in [0.2, 0.25) is 0 Å². The van der Waals surface area contributed by atoms with Crippen LogP contribution in [-0.4, -0.2) is 47.7 Å². The first kappa shape index (κ1) is 22.1. The van der Waals surface area contributed by atoms with E-state index in [4.69, 9.17) is 14.5 Å². The Morgan fingerprint density at radius 2 is 1.78 bits per heavy atom. The van der Waals surface area contributed by atoms with Crippen molar-refractivity contribution in [3.8, 4) is 11.5 Å². The number of piperidine rings is 1. The van der Waals surface area contributed by atoms with Gasteiger partial charge in [-0.05, 0) is 76.2 Å². The number of rotatable bonds is 7. The van der Waals surface area contributed by atoms with Crippen LogP contribution >= 0.6 is 0 Å². The third-order valence-electron chi connectivity index (χ3n) is 6.00. The fourth-order valence-corrected chi connectivity index (χ4v) is 4.41. The number of hydrogen-bond acceptors (Lipinski definition) is 5. The molecule has 0 spiro atoms. The summed E-state index contributed by atoms with van der Waals surface area (Å²) < 4.78 is 12.9. The predicted octanol–water partition coefficient (Wildman–Crippen LogP) is 4.87. The molecule has 32 heavy (non-hydrogen) atoms. The lowest BCUT2D eigenvalue weighted by molar-refractivity contribution is 0.102. The molecule has 1 aliphatic rings. The zero-order valence-corrected chi connectivity index (χ0v) is 19.4. The molecular formula is C25H32N4O3. The lowest BCUT2D eigenvalue weighted by atomic mass is 10.1. The summed E-state index contributed by atoms with van der Waals surface area (Å²) in [6.45, 7) is 7.50. The fourth-order valence-electron chi connectivity index (χ4n) is 4.41. The smallest absolute Gasteiger partial charge is 0.255 e. The highest BCUT2D eigenvalue weighted by atomic mass is 16.5. The topological polar surface area (TPSA) is 68.6 Å². The Balaban J connectivity index is 1.58. The molecule has 1 amide bonds. The zero-order valence-electron chi connectivity index (χ0n) is 19.4. The summed E-state index contributed by atoms with van der Waals surface area (Å²) in [6.07, 6.45) is 3.84. The van der Waals surface area contributed by atoms with Gasteiger partial charge in [0.15, 0.2) is 11.5 Å². The Labute approximate surface area is 189 Å². The standard InChI is InChI=1S/C25H32N4O3/c1-17(2)29-21-10-9-19(15-20(21)27-24(29)16-28-12-6-5-7-13-28)26-25(30)18-8-11-22(31-3)23(14-18)32-4/h8-11,14-15,17H,5-7,12-13,16H2,1-4H3,(H,26,30). The lowest BCUT2D eigenvalue weighted by Crippen LogP contribution is -2.30. The van der Waals surface area contributed by atoms with Crippen LogP contribution in [0, 0.1) is 0 Å². The van der Waals surface area contributed by atoms with Crippen molar-refractivity contribution in [2.45, 2.75) is 45.7 Å². The van der Waals surface area contributed by atoms with Crippen LogP contribution < -0.4 is 14.8 Å². The molecule has 2 aromatic carbocycles. The van der Waals surface area contributed by atoms with Gasteiger partial charge in [0.05, 0.1) is 31.8 Å². The minimum atomic E-state index is -0.206. The number of carbonyl (C=O) groups excluding carboxylic acids is 1. The third kappa shape index (κ3) is 4.58. The van der Waals surface area contributed by atoms with E-state index in [2.05, 4.69) is 28.6 Å². The predicted molar refractivity (Wildman–Crippen MR) is 127 cm³/mol. The number of amides is 1. The summed E-state index contributed by atoms with van der Waals surface area (Å²) in [4.78, 5) is 20.3. The average Bonchev–Trinajstić information content (AvgIpc) is 3.16. The number of hydrogen-bond donors (Lipinski definition) is 1. The maximum absolute atomic E-state index is 12.8. The summed E-state index contributed by atoms with van der Waals surface area (Å²) in [7, 11) is 3.13. The number of benzene rings is 2. The fraction of sp³-hybridized carbons (Fsp3) is 0.440. The number of nitrogens with one attached hydrogen (secondary N) is 1. The quantitative estimate of drug-likeness (QED) is 0.572. The largest absolute Gasteiger partial charge is 0.493 e. The van der Waals surface area contributed by atoms with E-state index in [9.17, 15) is 4.79 Å². The molecule has 2 heterocycles. The molecule has 1 saturated heterocycles. The molecule has 0 saturated carbocycles. The minimum Gasteiger partial charge on any atom is -0.493 e. The highest BCUT2D eigenvalue weighted by Crippen LogP contribution is 2.29. The van der Waals surface area contributed by atoms with Crippen molar-refractivity contribution in [3.63, 3.8) is 0 Å². The summed E-state index contributed by atoms with van der Waals surface area (Å²) in [5, 5.41) is 2.98. The molecule has 1 N–H and O–H groups in total. The van der Waals surface area contributed by atoms with Crippen molar-refractivity contribution in [1.29, 1.82) is 0 Å². The lowest BCUT2D eigenvalue weighted by Gasteiger charge is -2.26. The van der Waals surface area contributed by atoms with E-state index in [1.165, 1.54) is 19.3 Å². The van der Waals surface area contributed by atoms with E-state index in [1.54, 1.807) is 32.4 Å². The number of anilines is 1. The van der Waals surface area contributed by atoms with Gasteiger partial charge in [0.25, 0.3) is 5.91 Å². The monoisotopic (exact) mass is 436 g/mol. The highest BCUT2D eigenvalue weighted by Gasteiger charge is 2.19. The second-order valence-corrected chi connectivity index (χ2v) is 8.56. The molecule has 7 heteroatoms. The van der Waals surface area contributed by atoms with Crippen LogP contribution in [0.3, 0.4) is 0 Å². The first-order valence-electron chi connectivity index (χ1n) is 11.3. The number of fused-ring (bicyclic) bond motifs is 1. The normalized spacial score (nSPS) is 14.7. The summed E-state index contributed by atoms with van der Waals surface area (Å²) in [6, 6.07) is 11.4. The number of nitrogens with zero attached hydrogens (tertiary/aromatic N) is 3. The molecule has 1 aromatic heterocycles.